The normalized spacial score (nSPS) is 18.2. The summed E-state index contributed by atoms with van der Waals surface area (Å²) in [7, 11) is 0. The number of carbonyl (C=O) groups is 1. The number of nitrogens with zero attached hydrogens (tertiary/aromatic N) is 4. The van der Waals surface area contributed by atoms with Crippen LogP contribution in [0.2, 0.25) is 0 Å². The number of carbonyl (C=O) groups excluding carboxylic acids is 1. The topological polar surface area (TPSA) is 59.0 Å². The number of hydrogen-bond acceptors (Lipinski definition) is 6. The molecule has 26 heavy (non-hydrogen) atoms. The van der Waals surface area contributed by atoms with Crippen LogP contribution in [0.25, 0.3) is 10.3 Å². The zero-order valence-corrected chi connectivity index (χ0v) is 16.1. The molecular formula is C19H20N4OS2. The Morgan fingerprint density at radius 1 is 1.12 bits per heavy atom. The van der Waals surface area contributed by atoms with Crippen LogP contribution in [0.1, 0.15) is 57.0 Å². The molecule has 0 unspecified atom stereocenters. The Bertz CT molecular complexity index is 899. The van der Waals surface area contributed by atoms with Gasteiger partial charge in [-0.25, -0.2) is 15.0 Å². The summed E-state index contributed by atoms with van der Waals surface area (Å²) in [6, 6.07) is 3.77. The first kappa shape index (κ1) is 16.3. The van der Waals surface area contributed by atoms with Gasteiger partial charge in [0, 0.05) is 30.1 Å². The zero-order valence-electron chi connectivity index (χ0n) is 14.5. The maximum Gasteiger partial charge on any atom is 0.282 e. The van der Waals surface area contributed by atoms with Gasteiger partial charge >= 0.3 is 0 Å². The second-order valence-electron chi connectivity index (χ2n) is 7.04. The van der Waals surface area contributed by atoms with E-state index in [1.807, 2.05) is 28.4 Å². The van der Waals surface area contributed by atoms with Gasteiger partial charge in [0.2, 0.25) is 0 Å². The van der Waals surface area contributed by atoms with Crippen LogP contribution < -0.4 is 0 Å². The second kappa shape index (κ2) is 6.70. The van der Waals surface area contributed by atoms with Crippen LogP contribution >= 0.6 is 22.7 Å². The average Bonchev–Trinajstić information content (AvgIpc) is 3.31. The Morgan fingerprint density at radius 2 is 1.96 bits per heavy atom. The molecule has 3 aromatic rings. The van der Waals surface area contributed by atoms with E-state index in [4.69, 9.17) is 4.98 Å². The first-order chi connectivity index (χ1) is 12.8. The maximum atomic E-state index is 12.8. The van der Waals surface area contributed by atoms with Crippen molar-refractivity contribution in [3.05, 3.63) is 38.9 Å². The summed E-state index contributed by atoms with van der Waals surface area (Å²) in [5, 5.41) is 1.86. The summed E-state index contributed by atoms with van der Waals surface area (Å²) in [6.07, 6.45) is 8.68. The van der Waals surface area contributed by atoms with Crippen LogP contribution in [-0.2, 0) is 12.8 Å². The molecule has 0 atom stereocenters. The molecule has 3 aromatic heterocycles. The first-order valence-corrected chi connectivity index (χ1v) is 10.9. The molecule has 1 fully saturated rings. The number of piperidine rings is 1. The number of hydrogen-bond donors (Lipinski definition) is 0. The lowest BCUT2D eigenvalue weighted by molar-refractivity contribution is 0.0712. The molecule has 7 heteroatoms. The molecule has 0 bridgehead atoms. The lowest BCUT2D eigenvalue weighted by Crippen LogP contribution is -2.37. The minimum absolute atomic E-state index is 0.0462. The van der Waals surface area contributed by atoms with Gasteiger partial charge in [-0.2, -0.15) is 0 Å². The van der Waals surface area contributed by atoms with Crippen molar-refractivity contribution in [3.63, 3.8) is 0 Å². The molecule has 1 aliphatic carbocycles. The second-order valence-corrected chi connectivity index (χ2v) is 9.13. The molecule has 0 spiro atoms. The first-order valence-electron chi connectivity index (χ1n) is 9.27. The number of pyridine rings is 1. The summed E-state index contributed by atoms with van der Waals surface area (Å²) in [4.78, 5) is 30.8. The molecule has 1 saturated heterocycles. The van der Waals surface area contributed by atoms with Crippen LogP contribution in [0.5, 0.6) is 0 Å². The van der Waals surface area contributed by atoms with E-state index >= 15 is 0 Å². The molecule has 134 valence electrons. The Hall–Kier alpha value is -1.86. The minimum atomic E-state index is 0.0462. The summed E-state index contributed by atoms with van der Waals surface area (Å²) in [5.74, 6) is 0.552. The van der Waals surface area contributed by atoms with E-state index in [9.17, 15) is 4.79 Å². The number of amides is 1. The molecule has 1 amide bonds. The van der Waals surface area contributed by atoms with Crippen molar-refractivity contribution in [1.29, 1.82) is 0 Å². The van der Waals surface area contributed by atoms with Crippen molar-refractivity contribution in [2.75, 3.05) is 13.1 Å². The highest BCUT2D eigenvalue weighted by atomic mass is 32.1. The third-order valence-corrected chi connectivity index (χ3v) is 7.63. The molecule has 0 N–H and O–H groups in total. The van der Waals surface area contributed by atoms with Gasteiger partial charge in [0.25, 0.3) is 5.91 Å². The molecule has 5 rings (SSSR count). The van der Waals surface area contributed by atoms with Gasteiger partial charge in [-0.15, -0.1) is 11.3 Å². The van der Waals surface area contributed by atoms with E-state index in [0.717, 1.165) is 42.7 Å². The third kappa shape index (κ3) is 2.93. The number of aromatic nitrogens is 3. The van der Waals surface area contributed by atoms with Crippen LogP contribution in [-0.4, -0.2) is 38.8 Å². The summed E-state index contributed by atoms with van der Waals surface area (Å²) < 4.78 is 0. The van der Waals surface area contributed by atoms with Gasteiger partial charge in [0.15, 0.2) is 5.01 Å². The fourth-order valence-corrected chi connectivity index (χ4v) is 6.07. The molecule has 2 aliphatic rings. The minimum Gasteiger partial charge on any atom is -0.337 e. The van der Waals surface area contributed by atoms with E-state index < -0.39 is 0 Å². The van der Waals surface area contributed by atoms with Gasteiger partial charge in [-0.1, -0.05) is 11.3 Å². The van der Waals surface area contributed by atoms with Crippen LogP contribution in [0.15, 0.2) is 18.3 Å². The fraction of sp³-hybridized carbons (Fsp3) is 0.474. The Kier molecular flexibility index (Phi) is 4.21. The molecule has 0 aromatic carbocycles. The summed E-state index contributed by atoms with van der Waals surface area (Å²) >= 11 is 3.31. The molecular weight excluding hydrogens is 364 g/mol. The van der Waals surface area contributed by atoms with E-state index in [2.05, 4.69) is 9.97 Å². The highest BCUT2D eigenvalue weighted by molar-refractivity contribution is 7.19. The molecule has 1 aliphatic heterocycles. The smallest absolute Gasteiger partial charge is 0.282 e. The van der Waals surface area contributed by atoms with E-state index in [1.54, 1.807) is 6.20 Å². The highest BCUT2D eigenvalue weighted by Gasteiger charge is 2.29. The quantitative estimate of drug-likeness (QED) is 0.669. The van der Waals surface area contributed by atoms with Crippen molar-refractivity contribution in [2.45, 2.75) is 44.4 Å². The maximum absolute atomic E-state index is 12.8. The van der Waals surface area contributed by atoms with Crippen molar-refractivity contribution in [3.8, 4) is 0 Å². The largest absolute Gasteiger partial charge is 0.337 e. The number of aryl methyl sites for hydroxylation is 2. The fourth-order valence-electron chi connectivity index (χ4n) is 3.87. The van der Waals surface area contributed by atoms with Gasteiger partial charge in [0.05, 0.1) is 10.7 Å². The monoisotopic (exact) mass is 384 g/mol. The van der Waals surface area contributed by atoms with Gasteiger partial charge < -0.3 is 4.90 Å². The average molecular weight is 385 g/mol. The van der Waals surface area contributed by atoms with Crippen molar-refractivity contribution < 1.29 is 4.79 Å². The number of fused-ring (bicyclic) bond motifs is 2. The lowest BCUT2D eigenvalue weighted by atomic mass is 9.97. The number of likely N-dealkylation sites (tertiary alicyclic amines) is 1. The lowest BCUT2D eigenvalue weighted by Gasteiger charge is -2.30. The van der Waals surface area contributed by atoms with Crippen molar-refractivity contribution in [1.82, 2.24) is 19.9 Å². The Balaban J connectivity index is 1.27. The van der Waals surface area contributed by atoms with Crippen molar-refractivity contribution >= 4 is 38.9 Å². The van der Waals surface area contributed by atoms with E-state index in [1.165, 1.54) is 46.2 Å². The van der Waals surface area contributed by atoms with Gasteiger partial charge in [-0.05, 0) is 50.7 Å². The van der Waals surface area contributed by atoms with Crippen LogP contribution in [0.3, 0.4) is 0 Å². The number of rotatable bonds is 2. The predicted molar refractivity (Wildman–Crippen MR) is 104 cm³/mol. The van der Waals surface area contributed by atoms with Crippen molar-refractivity contribution in [2.24, 2.45) is 0 Å². The van der Waals surface area contributed by atoms with Gasteiger partial charge in [0.1, 0.15) is 10.3 Å². The Labute approximate surface area is 160 Å². The third-order valence-electron chi connectivity index (χ3n) is 5.34. The standard InChI is InChI=1S/C19H20N4OS2/c24-19(18-22-14-5-3-9-20-17(14)26-18)23-10-7-12(8-11-23)16-21-13-4-1-2-6-15(13)25-16/h3,5,9,12H,1-2,4,6-8,10-11H2. The van der Waals surface area contributed by atoms with Crippen LogP contribution in [0, 0.1) is 0 Å². The molecule has 5 nitrogen and oxygen atoms in total. The highest BCUT2D eigenvalue weighted by Crippen LogP contribution is 2.35. The van der Waals surface area contributed by atoms with E-state index in [-0.39, 0.29) is 5.91 Å². The summed E-state index contributed by atoms with van der Waals surface area (Å²) in [5.41, 5.74) is 2.15. The number of thiazole rings is 2. The molecule has 4 heterocycles. The SMILES string of the molecule is O=C(c1nc2cccnc2s1)N1CCC(c2nc3c(s2)CCCC3)CC1. The Morgan fingerprint density at radius 3 is 2.77 bits per heavy atom. The predicted octanol–water partition coefficient (Wildman–Crippen LogP) is 4.05. The molecule has 0 saturated carbocycles. The summed E-state index contributed by atoms with van der Waals surface area (Å²) in [6.45, 7) is 1.58. The van der Waals surface area contributed by atoms with Crippen LogP contribution in [0.4, 0.5) is 0 Å². The van der Waals surface area contributed by atoms with E-state index in [0.29, 0.717) is 10.9 Å². The molecule has 0 radical (unpaired) electrons. The van der Waals surface area contributed by atoms with Gasteiger partial charge in [-0.3, -0.25) is 4.79 Å². The zero-order chi connectivity index (χ0) is 17.5.